The second-order valence-corrected chi connectivity index (χ2v) is 5.62. The van der Waals surface area contributed by atoms with Crippen LogP contribution < -0.4 is 5.32 Å². The number of amides is 1. The molecule has 2 aromatic rings. The van der Waals surface area contributed by atoms with E-state index in [-0.39, 0.29) is 5.02 Å². The molecular weight excluding hydrogens is 329 g/mol. The van der Waals surface area contributed by atoms with Gasteiger partial charge in [-0.2, -0.15) is 13.2 Å². The Morgan fingerprint density at radius 3 is 2.39 bits per heavy atom. The molecule has 0 saturated heterocycles. The molecule has 1 heterocycles. The molecule has 0 unspecified atom stereocenters. The van der Waals surface area contributed by atoms with Crippen molar-refractivity contribution < 1.29 is 18.0 Å². The highest BCUT2D eigenvalue weighted by molar-refractivity contribution is 6.30. The molecule has 1 aromatic heterocycles. The van der Waals surface area contributed by atoms with Crippen molar-refractivity contribution in [2.75, 3.05) is 5.32 Å². The fourth-order valence-electron chi connectivity index (χ4n) is 2.34. The summed E-state index contributed by atoms with van der Waals surface area (Å²) in [6, 6.07) is 4.80. The highest BCUT2D eigenvalue weighted by Gasteiger charge is 2.35. The van der Waals surface area contributed by atoms with Gasteiger partial charge >= 0.3 is 6.18 Å². The number of hydrogen-bond acceptors (Lipinski definition) is 2. The van der Waals surface area contributed by atoms with Crippen molar-refractivity contribution in [2.45, 2.75) is 26.9 Å². The van der Waals surface area contributed by atoms with Crippen molar-refractivity contribution in [2.24, 2.45) is 0 Å². The molecule has 0 atom stereocenters. The second-order valence-electron chi connectivity index (χ2n) is 5.18. The zero-order valence-corrected chi connectivity index (χ0v) is 13.4. The number of nitrogens with zero attached hydrogens (tertiary/aromatic N) is 1. The molecular formula is C16H14ClF3N2O. The van der Waals surface area contributed by atoms with Gasteiger partial charge in [-0.25, -0.2) is 0 Å². The topological polar surface area (TPSA) is 42.0 Å². The molecule has 0 spiro atoms. The van der Waals surface area contributed by atoms with Crippen molar-refractivity contribution in [3.8, 4) is 0 Å². The number of carbonyl (C=O) groups excluding carboxylic acids is 1. The zero-order valence-electron chi connectivity index (χ0n) is 12.7. The molecule has 0 radical (unpaired) electrons. The van der Waals surface area contributed by atoms with Gasteiger partial charge in [0.15, 0.2) is 0 Å². The van der Waals surface area contributed by atoms with E-state index in [1.807, 2.05) is 0 Å². The Morgan fingerprint density at radius 2 is 1.83 bits per heavy atom. The summed E-state index contributed by atoms with van der Waals surface area (Å²) >= 11 is 5.61. The SMILES string of the molecule is Cc1cc(C)c(NC(=O)c2ccc(Cl)cc2C(F)(F)F)c(C)n1. The van der Waals surface area contributed by atoms with Crippen LogP contribution >= 0.6 is 11.6 Å². The Balaban J connectivity index is 2.43. The van der Waals surface area contributed by atoms with E-state index in [0.29, 0.717) is 11.4 Å². The summed E-state index contributed by atoms with van der Waals surface area (Å²) < 4.78 is 39.3. The van der Waals surface area contributed by atoms with Gasteiger partial charge in [-0.05, 0) is 50.6 Å². The third-order valence-corrected chi connectivity index (χ3v) is 3.53. The summed E-state index contributed by atoms with van der Waals surface area (Å²) in [6.45, 7) is 5.23. The lowest BCUT2D eigenvalue weighted by molar-refractivity contribution is -0.137. The number of carbonyl (C=O) groups is 1. The van der Waals surface area contributed by atoms with Crippen molar-refractivity contribution in [3.05, 3.63) is 57.4 Å². The number of rotatable bonds is 2. The third-order valence-electron chi connectivity index (χ3n) is 3.30. The standard InChI is InChI=1S/C16H14ClF3N2O/c1-8-6-9(2)21-10(3)14(8)22-15(23)12-5-4-11(17)7-13(12)16(18,19)20/h4-7H,1-3H3,(H,22,23). The van der Waals surface area contributed by atoms with Crippen LogP contribution in [0.25, 0.3) is 0 Å². The van der Waals surface area contributed by atoms with Crippen LogP contribution in [0.1, 0.15) is 32.9 Å². The number of anilines is 1. The molecule has 1 N–H and O–H groups in total. The van der Waals surface area contributed by atoms with E-state index >= 15 is 0 Å². The van der Waals surface area contributed by atoms with E-state index in [1.165, 1.54) is 6.07 Å². The Bertz CT molecular complexity index is 749. The highest BCUT2D eigenvalue weighted by Crippen LogP contribution is 2.34. The first-order valence-electron chi connectivity index (χ1n) is 6.72. The normalized spacial score (nSPS) is 11.4. The summed E-state index contributed by atoms with van der Waals surface area (Å²) in [7, 11) is 0. The lowest BCUT2D eigenvalue weighted by Gasteiger charge is -2.15. The van der Waals surface area contributed by atoms with Crippen molar-refractivity contribution >= 4 is 23.2 Å². The summed E-state index contributed by atoms with van der Waals surface area (Å²) in [4.78, 5) is 16.5. The molecule has 0 aliphatic carbocycles. The van der Waals surface area contributed by atoms with Crippen molar-refractivity contribution in [3.63, 3.8) is 0 Å². The van der Waals surface area contributed by atoms with Gasteiger partial charge in [-0.1, -0.05) is 11.6 Å². The van der Waals surface area contributed by atoms with E-state index in [1.54, 1.807) is 26.8 Å². The molecule has 0 saturated carbocycles. The van der Waals surface area contributed by atoms with E-state index in [2.05, 4.69) is 10.3 Å². The van der Waals surface area contributed by atoms with Crippen LogP contribution in [0.2, 0.25) is 5.02 Å². The Kier molecular flexibility index (Phi) is 4.66. The van der Waals surface area contributed by atoms with Crippen LogP contribution in [-0.2, 0) is 6.18 Å². The van der Waals surface area contributed by atoms with Crippen LogP contribution in [0.4, 0.5) is 18.9 Å². The molecule has 0 aliphatic rings. The summed E-state index contributed by atoms with van der Waals surface area (Å²) in [6.07, 6.45) is -4.67. The predicted octanol–water partition coefficient (Wildman–Crippen LogP) is 4.93. The van der Waals surface area contributed by atoms with Crippen LogP contribution in [-0.4, -0.2) is 10.9 Å². The first kappa shape index (κ1) is 17.3. The van der Waals surface area contributed by atoms with Gasteiger partial charge in [-0.15, -0.1) is 0 Å². The first-order chi connectivity index (χ1) is 10.6. The van der Waals surface area contributed by atoms with E-state index in [4.69, 9.17) is 11.6 Å². The maximum Gasteiger partial charge on any atom is 0.417 e. The van der Waals surface area contributed by atoms with E-state index in [0.717, 1.165) is 23.4 Å². The maximum absolute atomic E-state index is 13.1. The number of alkyl halides is 3. The lowest BCUT2D eigenvalue weighted by Crippen LogP contribution is -2.20. The molecule has 0 aliphatic heterocycles. The van der Waals surface area contributed by atoms with Gasteiger partial charge in [0, 0.05) is 10.7 Å². The molecule has 1 aromatic carbocycles. The number of nitrogens with one attached hydrogen (secondary N) is 1. The summed E-state index contributed by atoms with van der Waals surface area (Å²) in [5.74, 6) is -0.856. The van der Waals surface area contributed by atoms with Crippen LogP contribution in [0, 0.1) is 20.8 Å². The monoisotopic (exact) mass is 342 g/mol. The van der Waals surface area contributed by atoms with Gasteiger partial charge in [0.05, 0.1) is 22.5 Å². The quantitative estimate of drug-likeness (QED) is 0.840. The molecule has 3 nitrogen and oxygen atoms in total. The number of halogens is 4. The average molecular weight is 343 g/mol. The molecule has 122 valence electrons. The van der Waals surface area contributed by atoms with Gasteiger partial charge in [0.1, 0.15) is 0 Å². The first-order valence-corrected chi connectivity index (χ1v) is 7.10. The average Bonchev–Trinajstić information content (AvgIpc) is 2.41. The minimum atomic E-state index is -4.67. The Labute approximate surface area is 136 Å². The van der Waals surface area contributed by atoms with E-state index in [9.17, 15) is 18.0 Å². The highest BCUT2D eigenvalue weighted by atomic mass is 35.5. The van der Waals surface area contributed by atoms with Gasteiger partial charge in [0.25, 0.3) is 5.91 Å². The third kappa shape index (κ3) is 3.82. The minimum Gasteiger partial charge on any atom is -0.320 e. The maximum atomic E-state index is 13.1. The molecule has 7 heteroatoms. The molecule has 0 fully saturated rings. The van der Waals surface area contributed by atoms with Crippen LogP contribution in [0.3, 0.4) is 0 Å². The largest absolute Gasteiger partial charge is 0.417 e. The number of aryl methyl sites for hydroxylation is 3. The Morgan fingerprint density at radius 1 is 1.17 bits per heavy atom. The van der Waals surface area contributed by atoms with Gasteiger partial charge < -0.3 is 5.32 Å². The number of aromatic nitrogens is 1. The van der Waals surface area contributed by atoms with Gasteiger partial charge in [-0.3, -0.25) is 9.78 Å². The fourth-order valence-corrected chi connectivity index (χ4v) is 2.51. The molecule has 1 amide bonds. The van der Waals surface area contributed by atoms with Crippen molar-refractivity contribution in [1.82, 2.24) is 4.98 Å². The predicted molar refractivity (Wildman–Crippen MR) is 82.9 cm³/mol. The number of hydrogen-bond donors (Lipinski definition) is 1. The summed E-state index contributed by atoms with van der Waals surface area (Å²) in [5.41, 5.74) is 0.882. The van der Waals surface area contributed by atoms with Crippen LogP contribution in [0.5, 0.6) is 0 Å². The lowest BCUT2D eigenvalue weighted by atomic mass is 10.1. The smallest absolute Gasteiger partial charge is 0.320 e. The number of benzene rings is 1. The minimum absolute atomic E-state index is 0.0850. The zero-order chi connectivity index (χ0) is 17.4. The van der Waals surface area contributed by atoms with Crippen LogP contribution in [0.15, 0.2) is 24.3 Å². The fraction of sp³-hybridized carbons (Fsp3) is 0.250. The molecule has 0 bridgehead atoms. The van der Waals surface area contributed by atoms with Crippen molar-refractivity contribution in [1.29, 1.82) is 0 Å². The summed E-state index contributed by atoms with van der Waals surface area (Å²) in [5, 5.41) is 2.42. The Hall–Kier alpha value is -2.08. The second kappa shape index (κ2) is 6.20. The number of pyridine rings is 1. The molecule has 23 heavy (non-hydrogen) atoms. The van der Waals surface area contributed by atoms with Gasteiger partial charge in [0.2, 0.25) is 0 Å². The molecule has 2 rings (SSSR count). The van der Waals surface area contributed by atoms with E-state index < -0.39 is 23.2 Å².